The molecule has 1 aliphatic carbocycles. The summed E-state index contributed by atoms with van der Waals surface area (Å²) in [5.41, 5.74) is 1.74. The minimum absolute atomic E-state index is 0.157. The molecule has 118 valence electrons. The zero-order valence-corrected chi connectivity index (χ0v) is 12.7. The number of ether oxygens (including phenoxy) is 1. The Hall–Kier alpha value is -3.66. The summed E-state index contributed by atoms with van der Waals surface area (Å²) in [5.74, 6) is 0.660. The fraction of sp³-hybridized carbons (Fsp3) is 0.0588. The first-order valence-corrected chi connectivity index (χ1v) is 7.02. The van der Waals surface area contributed by atoms with Gasteiger partial charge in [-0.1, -0.05) is 24.3 Å². The van der Waals surface area contributed by atoms with Crippen molar-refractivity contribution in [3.8, 4) is 23.1 Å². The molecule has 2 aliphatic rings. The number of hydrogen-bond acceptors (Lipinski definition) is 6. The van der Waals surface area contributed by atoms with E-state index < -0.39 is 4.92 Å². The average Bonchev–Trinajstić information content (AvgIpc) is 2.75. The number of nitriles is 1. The Morgan fingerprint density at radius 3 is 2.75 bits per heavy atom. The number of nitrogens with zero attached hydrogens (tertiary/aromatic N) is 3. The van der Waals surface area contributed by atoms with Crippen LogP contribution >= 0.6 is 0 Å². The Kier molecular flexibility index (Phi) is 3.95. The van der Waals surface area contributed by atoms with Crippen LogP contribution in [0.4, 0.5) is 17.2 Å². The first kappa shape index (κ1) is 15.2. The fourth-order valence-electron chi connectivity index (χ4n) is 2.38. The zero-order valence-electron chi connectivity index (χ0n) is 12.7. The highest BCUT2D eigenvalue weighted by Gasteiger charge is 2.21. The number of nitrogens with one attached hydrogen (secondary N) is 1. The average molecular weight is 320 g/mol. The topological polar surface area (TPSA) is 101 Å². The second kappa shape index (κ2) is 6.22. The summed E-state index contributed by atoms with van der Waals surface area (Å²) >= 11 is 0. The summed E-state index contributed by atoms with van der Waals surface area (Å²) in [6, 6.07) is 15.6. The van der Waals surface area contributed by atoms with E-state index in [0.717, 1.165) is 0 Å². The minimum Gasteiger partial charge on any atom is -0.496 e. The largest absolute Gasteiger partial charge is 0.496 e. The molecule has 0 aromatic heterocycles. The van der Waals surface area contributed by atoms with Crippen molar-refractivity contribution in [2.24, 2.45) is 0 Å². The minimum atomic E-state index is -0.514. The van der Waals surface area contributed by atoms with Gasteiger partial charge in [-0.05, 0) is 18.2 Å². The number of nitro groups is 1. The molecule has 7 nitrogen and oxygen atoms in total. The van der Waals surface area contributed by atoms with Crippen molar-refractivity contribution in [1.29, 1.82) is 5.26 Å². The maximum atomic E-state index is 11.3. The first-order chi connectivity index (χ1) is 11.6. The molecular formula is C17H12N4O3. The number of aromatic nitrogens is 1. The van der Waals surface area contributed by atoms with Crippen LogP contribution in [0.5, 0.6) is 5.75 Å². The van der Waals surface area contributed by atoms with Gasteiger partial charge in [0.25, 0.3) is 5.69 Å². The van der Waals surface area contributed by atoms with Crippen molar-refractivity contribution in [3.05, 3.63) is 64.2 Å². The Balaban J connectivity index is 2.10. The summed E-state index contributed by atoms with van der Waals surface area (Å²) in [6.45, 7) is 0. The van der Waals surface area contributed by atoms with Gasteiger partial charge in [-0.3, -0.25) is 10.1 Å². The molecule has 0 unspecified atom stereocenters. The van der Waals surface area contributed by atoms with Gasteiger partial charge in [0.1, 0.15) is 28.9 Å². The smallest absolute Gasteiger partial charge is 0.296 e. The van der Waals surface area contributed by atoms with Crippen LogP contribution in [-0.2, 0) is 0 Å². The second-order valence-electron chi connectivity index (χ2n) is 4.92. The standard InChI is InChI=1S/C17H12N4O3/c1-24-11-7-8-15(16(9-11)21(22)23)20-17-13(10-18)12-5-3-2-4-6-14(12)19-17/h2-9H,1H3,(H,19,20). The van der Waals surface area contributed by atoms with Crippen LogP contribution in [0.3, 0.4) is 0 Å². The van der Waals surface area contributed by atoms with Crippen molar-refractivity contribution < 1.29 is 9.66 Å². The summed E-state index contributed by atoms with van der Waals surface area (Å²) in [6.07, 6.45) is 0. The zero-order chi connectivity index (χ0) is 17.1. The Bertz CT molecular complexity index is 933. The van der Waals surface area contributed by atoms with Gasteiger partial charge in [0.05, 0.1) is 23.8 Å². The Morgan fingerprint density at radius 1 is 1.25 bits per heavy atom. The lowest BCUT2D eigenvalue weighted by molar-refractivity contribution is -0.384. The molecule has 1 aromatic rings. The van der Waals surface area contributed by atoms with Crippen LogP contribution in [0.25, 0.3) is 11.3 Å². The van der Waals surface area contributed by atoms with E-state index >= 15 is 0 Å². The molecule has 1 heterocycles. The van der Waals surface area contributed by atoms with Crippen LogP contribution in [-0.4, -0.2) is 17.0 Å². The van der Waals surface area contributed by atoms with Gasteiger partial charge in [-0.15, -0.1) is 0 Å². The number of fused-ring (bicyclic) bond motifs is 1. The van der Waals surface area contributed by atoms with E-state index in [1.54, 1.807) is 18.2 Å². The van der Waals surface area contributed by atoms with E-state index in [-0.39, 0.29) is 17.2 Å². The van der Waals surface area contributed by atoms with E-state index in [4.69, 9.17) is 4.74 Å². The van der Waals surface area contributed by atoms with Crippen LogP contribution in [0.1, 0.15) is 5.56 Å². The molecule has 3 rings (SSSR count). The van der Waals surface area contributed by atoms with Crippen molar-refractivity contribution in [2.45, 2.75) is 0 Å². The number of benzene rings is 1. The van der Waals surface area contributed by atoms with E-state index in [2.05, 4.69) is 16.4 Å². The molecule has 0 amide bonds. The predicted octanol–water partition coefficient (Wildman–Crippen LogP) is 3.72. The number of nitro benzene ring substituents is 1. The highest BCUT2D eigenvalue weighted by molar-refractivity contribution is 5.82. The highest BCUT2D eigenvalue weighted by atomic mass is 16.6. The van der Waals surface area contributed by atoms with E-state index in [1.165, 1.54) is 19.2 Å². The fourth-order valence-corrected chi connectivity index (χ4v) is 2.38. The van der Waals surface area contributed by atoms with Crippen molar-refractivity contribution in [2.75, 3.05) is 12.4 Å². The third kappa shape index (κ3) is 2.68. The van der Waals surface area contributed by atoms with Gasteiger partial charge in [-0.25, -0.2) is 4.98 Å². The predicted molar refractivity (Wildman–Crippen MR) is 88.5 cm³/mol. The van der Waals surface area contributed by atoms with Crippen LogP contribution in [0.15, 0.2) is 48.5 Å². The highest BCUT2D eigenvalue weighted by Crippen LogP contribution is 2.36. The van der Waals surface area contributed by atoms with E-state index in [9.17, 15) is 15.4 Å². The molecule has 0 saturated carbocycles. The summed E-state index contributed by atoms with van der Waals surface area (Å²) in [5, 5.41) is 23.6. The van der Waals surface area contributed by atoms with Gasteiger partial charge in [0.2, 0.25) is 0 Å². The SMILES string of the molecule is COc1ccc(Nc2nc3cccccc-3c2C#N)c([N+](=O)[O-])c1. The third-order valence-electron chi connectivity index (χ3n) is 3.52. The van der Waals surface area contributed by atoms with Crippen molar-refractivity contribution in [1.82, 2.24) is 4.98 Å². The van der Waals surface area contributed by atoms with Gasteiger partial charge in [-0.2, -0.15) is 5.26 Å². The number of rotatable bonds is 4. The second-order valence-corrected chi connectivity index (χ2v) is 4.92. The molecule has 0 radical (unpaired) electrons. The molecule has 24 heavy (non-hydrogen) atoms. The number of hydrogen-bond donors (Lipinski definition) is 1. The van der Waals surface area contributed by atoms with Gasteiger partial charge < -0.3 is 10.1 Å². The quantitative estimate of drug-likeness (QED) is 0.580. The number of anilines is 2. The lowest BCUT2D eigenvalue weighted by atomic mass is 10.1. The molecule has 0 bridgehead atoms. The van der Waals surface area contributed by atoms with E-state index in [1.807, 2.05) is 18.2 Å². The van der Waals surface area contributed by atoms with Gasteiger partial charge >= 0.3 is 0 Å². The lowest BCUT2D eigenvalue weighted by Gasteiger charge is -2.06. The molecule has 1 aliphatic heterocycles. The molecular weight excluding hydrogens is 308 g/mol. The molecule has 0 atom stereocenters. The molecule has 1 N–H and O–H groups in total. The normalized spacial score (nSPS) is 10.2. The van der Waals surface area contributed by atoms with Crippen LogP contribution < -0.4 is 10.1 Å². The number of methoxy groups -OCH3 is 1. The summed E-state index contributed by atoms with van der Waals surface area (Å²) < 4.78 is 5.01. The molecule has 1 aromatic carbocycles. The molecule has 7 heteroatoms. The molecule has 0 spiro atoms. The summed E-state index contributed by atoms with van der Waals surface area (Å²) in [7, 11) is 1.44. The Labute approximate surface area is 137 Å². The van der Waals surface area contributed by atoms with Gasteiger partial charge in [0, 0.05) is 5.56 Å². The maximum absolute atomic E-state index is 11.3. The van der Waals surface area contributed by atoms with Crippen molar-refractivity contribution >= 4 is 17.2 Å². The Morgan fingerprint density at radius 2 is 2.04 bits per heavy atom. The summed E-state index contributed by atoms with van der Waals surface area (Å²) in [4.78, 5) is 15.1. The van der Waals surface area contributed by atoms with Crippen LogP contribution in [0.2, 0.25) is 0 Å². The van der Waals surface area contributed by atoms with E-state index in [0.29, 0.717) is 22.6 Å². The third-order valence-corrected chi connectivity index (χ3v) is 3.52. The van der Waals surface area contributed by atoms with Crippen LogP contribution in [0, 0.1) is 21.4 Å². The first-order valence-electron chi connectivity index (χ1n) is 7.02. The van der Waals surface area contributed by atoms with Crippen molar-refractivity contribution in [3.63, 3.8) is 0 Å². The molecule has 0 fully saturated rings. The maximum Gasteiger partial charge on any atom is 0.296 e. The molecule has 0 saturated heterocycles. The monoisotopic (exact) mass is 320 g/mol. The van der Waals surface area contributed by atoms with Gasteiger partial charge in [0.15, 0.2) is 0 Å². The lowest BCUT2D eigenvalue weighted by Crippen LogP contribution is -1.99.